The Bertz CT molecular complexity index is 358. The minimum absolute atomic E-state index is 0.433. The van der Waals surface area contributed by atoms with Crippen LogP contribution in [0.2, 0.25) is 0 Å². The zero-order valence-corrected chi connectivity index (χ0v) is 12.3. The minimum Gasteiger partial charge on any atom is -0.307 e. The summed E-state index contributed by atoms with van der Waals surface area (Å²) >= 11 is 3.54. The van der Waals surface area contributed by atoms with Gasteiger partial charge in [-0.1, -0.05) is 40.9 Å². The third-order valence-electron chi connectivity index (χ3n) is 3.97. The zero-order chi connectivity index (χ0) is 12.3. The lowest BCUT2D eigenvalue weighted by Crippen LogP contribution is -2.34. The molecule has 0 saturated heterocycles. The second kappa shape index (κ2) is 6.01. The molecule has 1 saturated carbocycles. The molecule has 0 heterocycles. The molecule has 0 spiro atoms. The van der Waals surface area contributed by atoms with Crippen molar-refractivity contribution in [2.75, 3.05) is 0 Å². The predicted octanol–water partition coefficient (Wildman–Crippen LogP) is 4.68. The van der Waals surface area contributed by atoms with Gasteiger partial charge in [0, 0.05) is 16.6 Å². The van der Waals surface area contributed by atoms with E-state index in [0.29, 0.717) is 12.1 Å². The van der Waals surface area contributed by atoms with Crippen LogP contribution in [-0.4, -0.2) is 6.04 Å². The molecule has 1 nitrogen and oxygen atoms in total. The number of hydrogen-bond acceptors (Lipinski definition) is 1. The monoisotopic (exact) mass is 295 g/mol. The molecule has 1 aliphatic rings. The van der Waals surface area contributed by atoms with Gasteiger partial charge < -0.3 is 5.32 Å². The van der Waals surface area contributed by atoms with Crippen LogP contribution in [0.1, 0.15) is 51.1 Å². The molecule has 0 radical (unpaired) electrons. The Kier molecular flexibility index (Phi) is 4.63. The van der Waals surface area contributed by atoms with E-state index in [2.05, 4.69) is 59.4 Å². The normalized spacial score (nSPS) is 20.4. The Morgan fingerprint density at radius 1 is 1.24 bits per heavy atom. The lowest BCUT2D eigenvalue weighted by molar-refractivity contribution is 0.352. The van der Waals surface area contributed by atoms with E-state index in [1.165, 1.54) is 31.2 Å². The Hall–Kier alpha value is -0.340. The topological polar surface area (TPSA) is 12.0 Å². The number of halogens is 1. The summed E-state index contributed by atoms with van der Waals surface area (Å²) in [4.78, 5) is 0. The molecular formula is C15H22BrN. The second-order valence-corrected chi connectivity index (χ2v) is 6.19. The number of benzene rings is 1. The van der Waals surface area contributed by atoms with Crippen molar-refractivity contribution in [1.82, 2.24) is 5.32 Å². The molecule has 0 bridgehead atoms. The quantitative estimate of drug-likeness (QED) is 0.850. The smallest absolute Gasteiger partial charge is 0.0294 e. The first kappa shape index (κ1) is 13.1. The fourth-order valence-corrected chi connectivity index (χ4v) is 3.28. The van der Waals surface area contributed by atoms with Gasteiger partial charge in [0.25, 0.3) is 0 Å². The molecule has 1 unspecified atom stereocenters. The van der Waals surface area contributed by atoms with Gasteiger partial charge in [0.2, 0.25) is 0 Å². The van der Waals surface area contributed by atoms with Crippen LogP contribution in [-0.2, 0) is 0 Å². The molecule has 1 fully saturated rings. The maximum atomic E-state index is 3.74. The summed E-state index contributed by atoms with van der Waals surface area (Å²) in [5.41, 5.74) is 1.37. The second-order valence-electron chi connectivity index (χ2n) is 5.28. The van der Waals surface area contributed by atoms with E-state index in [9.17, 15) is 0 Å². The maximum Gasteiger partial charge on any atom is 0.0294 e. The van der Waals surface area contributed by atoms with Crippen LogP contribution in [0.4, 0.5) is 0 Å². The van der Waals surface area contributed by atoms with Crippen molar-refractivity contribution < 1.29 is 0 Å². The highest BCUT2D eigenvalue weighted by molar-refractivity contribution is 9.10. The van der Waals surface area contributed by atoms with Crippen molar-refractivity contribution in [3.63, 3.8) is 0 Å². The number of hydrogen-bond donors (Lipinski definition) is 1. The van der Waals surface area contributed by atoms with E-state index in [1.807, 2.05) is 0 Å². The van der Waals surface area contributed by atoms with Crippen molar-refractivity contribution >= 4 is 15.9 Å². The van der Waals surface area contributed by atoms with Crippen LogP contribution < -0.4 is 5.32 Å². The Balaban J connectivity index is 1.93. The highest BCUT2D eigenvalue weighted by Crippen LogP contribution is 2.29. The molecule has 0 aliphatic heterocycles. The van der Waals surface area contributed by atoms with Gasteiger partial charge in [-0.15, -0.1) is 0 Å². The average Bonchev–Trinajstić information content (AvgIpc) is 2.82. The van der Waals surface area contributed by atoms with E-state index in [1.54, 1.807) is 0 Å². The highest BCUT2D eigenvalue weighted by Gasteiger charge is 2.22. The van der Waals surface area contributed by atoms with E-state index >= 15 is 0 Å². The summed E-state index contributed by atoms with van der Waals surface area (Å²) in [5.74, 6) is 0.879. The lowest BCUT2D eigenvalue weighted by atomic mass is 9.98. The van der Waals surface area contributed by atoms with Crippen LogP contribution >= 0.6 is 15.9 Å². The van der Waals surface area contributed by atoms with Gasteiger partial charge in [-0.3, -0.25) is 0 Å². The summed E-state index contributed by atoms with van der Waals surface area (Å²) in [6, 6.07) is 9.66. The zero-order valence-electron chi connectivity index (χ0n) is 10.7. The molecule has 0 aromatic heterocycles. The number of rotatable bonds is 4. The van der Waals surface area contributed by atoms with Crippen molar-refractivity contribution in [1.29, 1.82) is 0 Å². The first-order valence-corrected chi connectivity index (χ1v) is 7.47. The fraction of sp³-hybridized carbons (Fsp3) is 0.600. The molecule has 2 heteroatoms. The third kappa shape index (κ3) is 3.56. The summed E-state index contributed by atoms with van der Waals surface area (Å²) < 4.78 is 1.16. The van der Waals surface area contributed by atoms with Crippen LogP contribution in [0.15, 0.2) is 28.7 Å². The van der Waals surface area contributed by atoms with Gasteiger partial charge in [-0.2, -0.15) is 0 Å². The summed E-state index contributed by atoms with van der Waals surface area (Å²) in [5, 5.41) is 3.74. The van der Waals surface area contributed by atoms with E-state index < -0.39 is 0 Å². The van der Waals surface area contributed by atoms with Gasteiger partial charge in [0.1, 0.15) is 0 Å². The predicted molar refractivity (Wildman–Crippen MR) is 77.1 cm³/mol. The molecule has 1 aromatic carbocycles. The first-order valence-electron chi connectivity index (χ1n) is 6.68. The third-order valence-corrected chi connectivity index (χ3v) is 4.46. The Morgan fingerprint density at radius 3 is 2.59 bits per heavy atom. The molecule has 1 aliphatic carbocycles. The van der Waals surface area contributed by atoms with Gasteiger partial charge in [0.05, 0.1) is 0 Å². The van der Waals surface area contributed by atoms with Gasteiger partial charge >= 0.3 is 0 Å². The van der Waals surface area contributed by atoms with Crippen molar-refractivity contribution in [3.05, 3.63) is 34.3 Å². The standard InChI is InChI=1S/C15H22BrN/c1-11(13-6-3-4-7-13)17-12(2)14-8-5-9-15(16)10-14/h5,8-13,17H,3-4,6-7H2,1-2H3/t11-,12?/m1/s1. The molecular weight excluding hydrogens is 274 g/mol. The van der Waals surface area contributed by atoms with E-state index in [4.69, 9.17) is 0 Å². The van der Waals surface area contributed by atoms with Crippen LogP contribution in [0.5, 0.6) is 0 Å². The average molecular weight is 296 g/mol. The fourth-order valence-electron chi connectivity index (χ4n) is 2.86. The first-order chi connectivity index (χ1) is 8.16. The van der Waals surface area contributed by atoms with E-state index in [0.717, 1.165) is 10.4 Å². The molecule has 1 aromatic rings. The maximum absolute atomic E-state index is 3.74. The summed E-state index contributed by atoms with van der Waals surface area (Å²) in [6.45, 7) is 4.59. The van der Waals surface area contributed by atoms with Crippen molar-refractivity contribution in [2.24, 2.45) is 5.92 Å². The van der Waals surface area contributed by atoms with E-state index in [-0.39, 0.29) is 0 Å². The Morgan fingerprint density at radius 2 is 1.94 bits per heavy atom. The van der Waals surface area contributed by atoms with Crippen molar-refractivity contribution in [2.45, 2.75) is 51.6 Å². The largest absolute Gasteiger partial charge is 0.307 e. The lowest BCUT2D eigenvalue weighted by Gasteiger charge is -2.25. The number of nitrogens with one attached hydrogen (secondary N) is 1. The molecule has 94 valence electrons. The molecule has 0 amide bonds. The van der Waals surface area contributed by atoms with Crippen LogP contribution in [0.25, 0.3) is 0 Å². The molecule has 17 heavy (non-hydrogen) atoms. The van der Waals surface area contributed by atoms with Crippen LogP contribution in [0, 0.1) is 5.92 Å². The van der Waals surface area contributed by atoms with Gasteiger partial charge in [0.15, 0.2) is 0 Å². The van der Waals surface area contributed by atoms with Gasteiger partial charge in [-0.25, -0.2) is 0 Å². The molecule has 2 rings (SSSR count). The summed E-state index contributed by atoms with van der Waals surface area (Å²) in [6.07, 6.45) is 5.64. The Labute approximate surface area is 113 Å². The summed E-state index contributed by atoms with van der Waals surface area (Å²) in [7, 11) is 0. The highest BCUT2D eigenvalue weighted by atomic mass is 79.9. The minimum atomic E-state index is 0.433. The van der Waals surface area contributed by atoms with Crippen molar-refractivity contribution in [3.8, 4) is 0 Å². The van der Waals surface area contributed by atoms with Gasteiger partial charge in [-0.05, 0) is 50.3 Å². The molecule has 2 atom stereocenters. The molecule has 1 N–H and O–H groups in total. The SMILES string of the molecule is CC(N[C@H](C)C1CCCC1)c1cccc(Br)c1. The van der Waals surface area contributed by atoms with Crippen LogP contribution in [0.3, 0.4) is 0 Å².